The number of hydrogen-bond acceptors (Lipinski definition) is 3. The van der Waals surface area contributed by atoms with Crippen LogP contribution in [0.15, 0.2) is 34.9 Å². The number of para-hydroxylation sites is 1. The third-order valence-corrected chi connectivity index (χ3v) is 5.25. The van der Waals surface area contributed by atoms with E-state index in [2.05, 4.69) is 26.4 Å². The maximum Gasteiger partial charge on any atom is 0.315 e. The number of carbonyl (C=O) groups excluding carboxylic acids is 1. The molecule has 142 valence electrons. The van der Waals surface area contributed by atoms with Gasteiger partial charge < -0.3 is 19.6 Å². The molecule has 1 aliphatic rings. The maximum atomic E-state index is 12.2. The molecule has 6 nitrogen and oxygen atoms in total. The van der Waals surface area contributed by atoms with Crippen LogP contribution in [0.5, 0.6) is 0 Å². The molecule has 1 atom stereocenters. The number of rotatable bonds is 5. The molecule has 27 heavy (non-hydrogen) atoms. The Hall–Kier alpha value is -2.76. The second-order valence-electron chi connectivity index (χ2n) is 7.26. The number of nitrogens with zero attached hydrogens (tertiary/aromatic N) is 2. The number of aromatic nitrogens is 2. The first-order valence-electron chi connectivity index (χ1n) is 9.69. The van der Waals surface area contributed by atoms with Crippen LogP contribution in [-0.4, -0.2) is 22.1 Å². The molecule has 0 radical (unpaired) electrons. The largest absolute Gasteiger partial charge is 0.459 e. The van der Waals surface area contributed by atoms with Crippen molar-refractivity contribution in [3.8, 4) is 0 Å². The highest BCUT2D eigenvalue weighted by molar-refractivity contribution is 5.82. The first kappa shape index (κ1) is 17.6. The first-order chi connectivity index (χ1) is 13.1. The number of amides is 2. The number of urea groups is 1. The Morgan fingerprint density at radius 2 is 2.19 bits per heavy atom. The van der Waals surface area contributed by atoms with Gasteiger partial charge in [-0.2, -0.15) is 0 Å². The summed E-state index contributed by atoms with van der Waals surface area (Å²) in [4.78, 5) is 16.9. The van der Waals surface area contributed by atoms with Crippen molar-refractivity contribution in [1.29, 1.82) is 0 Å². The number of carbonyl (C=O) groups is 1. The van der Waals surface area contributed by atoms with Gasteiger partial charge in [-0.1, -0.05) is 18.2 Å². The Labute approximate surface area is 159 Å². The quantitative estimate of drug-likeness (QED) is 0.720. The third-order valence-electron chi connectivity index (χ3n) is 5.25. The van der Waals surface area contributed by atoms with Crippen molar-refractivity contribution >= 4 is 17.0 Å². The molecule has 2 N–H and O–H groups in total. The lowest BCUT2D eigenvalue weighted by atomic mass is 10.1. The van der Waals surface area contributed by atoms with Crippen molar-refractivity contribution in [2.45, 2.75) is 52.1 Å². The fourth-order valence-corrected chi connectivity index (χ4v) is 3.82. The predicted molar refractivity (Wildman–Crippen MR) is 105 cm³/mol. The minimum atomic E-state index is -0.197. The number of aryl methyl sites for hydroxylation is 3. The molecule has 0 aliphatic carbocycles. The van der Waals surface area contributed by atoms with Crippen LogP contribution < -0.4 is 10.6 Å². The number of hydrogen-bond donors (Lipinski definition) is 2. The van der Waals surface area contributed by atoms with E-state index in [9.17, 15) is 4.79 Å². The smallest absolute Gasteiger partial charge is 0.315 e. The lowest BCUT2D eigenvalue weighted by Gasteiger charge is -2.13. The second-order valence-corrected chi connectivity index (χ2v) is 7.26. The van der Waals surface area contributed by atoms with Crippen molar-refractivity contribution in [3.63, 3.8) is 0 Å². The van der Waals surface area contributed by atoms with Gasteiger partial charge in [0.15, 0.2) is 0 Å². The summed E-state index contributed by atoms with van der Waals surface area (Å²) in [5, 5.41) is 6.98. The van der Waals surface area contributed by atoms with E-state index in [0.29, 0.717) is 6.54 Å². The molecular formula is C21H26N4O2. The van der Waals surface area contributed by atoms with Crippen LogP contribution in [-0.2, 0) is 19.4 Å². The molecule has 4 rings (SSSR count). The lowest BCUT2D eigenvalue weighted by molar-refractivity contribution is 0.236. The summed E-state index contributed by atoms with van der Waals surface area (Å²) < 4.78 is 8.17. The average Bonchev–Trinajstić information content (AvgIpc) is 3.23. The Bertz CT molecular complexity index is 933. The van der Waals surface area contributed by atoms with Gasteiger partial charge in [-0.05, 0) is 32.8 Å². The van der Waals surface area contributed by atoms with Crippen LogP contribution in [0.25, 0.3) is 11.0 Å². The number of furan rings is 1. The molecule has 0 fully saturated rings. The van der Waals surface area contributed by atoms with Crippen LogP contribution in [0.1, 0.15) is 48.6 Å². The van der Waals surface area contributed by atoms with Gasteiger partial charge in [0.25, 0.3) is 0 Å². The Balaban J connectivity index is 1.31. The van der Waals surface area contributed by atoms with E-state index in [1.54, 1.807) is 0 Å². The van der Waals surface area contributed by atoms with E-state index in [1.807, 2.05) is 38.1 Å². The number of benzene rings is 1. The van der Waals surface area contributed by atoms with Crippen molar-refractivity contribution < 1.29 is 9.21 Å². The molecule has 6 heteroatoms. The molecule has 0 saturated heterocycles. The normalized spacial score (nSPS) is 14.7. The van der Waals surface area contributed by atoms with E-state index in [0.717, 1.165) is 47.4 Å². The van der Waals surface area contributed by atoms with Crippen LogP contribution in [0, 0.1) is 6.92 Å². The van der Waals surface area contributed by atoms with Gasteiger partial charge in [-0.15, -0.1) is 0 Å². The Morgan fingerprint density at radius 3 is 3.00 bits per heavy atom. The lowest BCUT2D eigenvalue weighted by Crippen LogP contribution is -2.38. The van der Waals surface area contributed by atoms with Gasteiger partial charge in [0.05, 0.1) is 11.7 Å². The molecule has 2 aromatic heterocycles. The molecule has 3 aromatic rings. The summed E-state index contributed by atoms with van der Waals surface area (Å²) in [5.41, 5.74) is 2.97. The minimum absolute atomic E-state index is 0.189. The van der Waals surface area contributed by atoms with Crippen LogP contribution in [0.3, 0.4) is 0 Å². The SMILES string of the molecule is Cc1c([C@H](C)NC(=O)NCCc2cn3c(n2)CCCC3)oc2ccccc12. The highest BCUT2D eigenvalue weighted by Gasteiger charge is 2.18. The highest BCUT2D eigenvalue weighted by Crippen LogP contribution is 2.29. The van der Waals surface area contributed by atoms with Gasteiger partial charge in [-0.25, -0.2) is 9.78 Å². The molecule has 0 unspecified atom stereocenters. The van der Waals surface area contributed by atoms with Gasteiger partial charge in [-0.3, -0.25) is 0 Å². The molecule has 2 amide bonds. The minimum Gasteiger partial charge on any atom is -0.459 e. The number of nitrogens with one attached hydrogen (secondary N) is 2. The molecule has 1 aromatic carbocycles. The second kappa shape index (κ2) is 7.47. The monoisotopic (exact) mass is 366 g/mol. The zero-order chi connectivity index (χ0) is 18.8. The summed E-state index contributed by atoms with van der Waals surface area (Å²) in [6.07, 6.45) is 6.36. The molecule has 3 heterocycles. The molecule has 0 spiro atoms. The fraction of sp³-hybridized carbons (Fsp3) is 0.429. The van der Waals surface area contributed by atoms with Gasteiger partial charge in [0.2, 0.25) is 0 Å². The van der Waals surface area contributed by atoms with E-state index in [-0.39, 0.29) is 12.1 Å². The first-order valence-corrected chi connectivity index (χ1v) is 9.69. The van der Waals surface area contributed by atoms with Crippen LogP contribution >= 0.6 is 0 Å². The van der Waals surface area contributed by atoms with Crippen molar-refractivity contribution in [2.24, 2.45) is 0 Å². The van der Waals surface area contributed by atoms with Crippen LogP contribution in [0.4, 0.5) is 4.79 Å². The van der Waals surface area contributed by atoms with Crippen molar-refractivity contribution in [1.82, 2.24) is 20.2 Å². The van der Waals surface area contributed by atoms with Gasteiger partial charge in [0, 0.05) is 43.1 Å². The summed E-state index contributed by atoms with van der Waals surface area (Å²) in [6.45, 7) is 5.59. The summed E-state index contributed by atoms with van der Waals surface area (Å²) in [7, 11) is 0. The summed E-state index contributed by atoms with van der Waals surface area (Å²) in [6, 6.07) is 7.54. The van der Waals surface area contributed by atoms with E-state index < -0.39 is 0 Å². The standard InChI is InChI=1S/C21H26N4O2/c1-14-17-7-3-4-8-18(17)27-20(14)15(2)23-21(26)22-11-10-16-13-25-12-6-5-9-19(25)24-16/h3-4,7-8,13,15H,5-6,9-12H2,1-2H3,(H2,22,23,26)/t15-/m0/s1. The van der Waals surface area contributed by atoms with E-state index in [1.165, 1.54) is 18.7 Å². The molecule has 0 bridgehead atoms. The summed E-state index contributed by atoms with van der Waals surface area (Å²) >= 11 is 0. The highest BCUT2D eigenvalue weighted by atomic mass is 16.3. The zero-order valence-corrected chi connectivity index (χ0v) is 15.9. The van der Waals surface area contributed by atoms with Gasteiger partial charge in [0.1, 0.15) is 17.2 Å². The van der Waals surface area contributed by atoms with Crippen molar-refractivity contribution in [2.75, 3.05) is 6.54 Å². The zero-order valence-electron chi connectivity index (χ0n) is 15.9. The maximum absolute atomic E-state index is 12.2. The Morgan fingerprint density at radius 1 is 1.33 bits per heavy atom. The number of fused-ring (bicyclic) bond motifs is 2. The molecule has 0 saturated carbocycles. The van der Waals surface area contributed by atoms with Gasteiger partial charge >= 0.3 is 6.03 Å². The topological polar surface area (TPSA) is 72.1 Å². The predicted octanol–water partition coefficient (Wildman–Crippen LogP) is 3.88. The fourth-order valence-electron chi connectivity index (χ4n) is 3.82. The van der Waals surface area contributed by atoms with E-state index in [4.69, 9.17) is 4.42 Å². The number of imidazole rings is 1. The third kappa shape index (κ3) is 3.70. The van der Waals surface area contributed by atoms with E-state index >= 15 is 0 Å². The molecule has 1 aliphatic heterocycles. The van der Waals surface area contributed by atoms with Crippen molar-refractivity contribution in [3.05, 3.63) is 53.3 Å². The molecular weight excluding hydrogens is 340 g/mol. The van der Waals surface area contributed by atoms with Crippen LogP contribution in [0.2, 0.25) is 0 Å². The summed E-state index contributed by atoms with van der Waals surface area (Å²) in [5.74, 6) is 1.97. The Kier molecular flexibility index (Phi) is 4.88. The average molecular weight is 366 g/mol.